The van der Waals surface area contributed by atoms with Crippen LogP contribution in [0.3, 0.4) is 0 Å². The summed E-state index contributed by atoms with van der Waals surface area (Å²) in [6, 6.07) is 6.80. The van der Waals surface area contributed by atoms with Crippen molar-refractivity contribution in [2.45, 2.75) is 6.04 Å². The van der Waals surface area contributed by atoms with E-state index in [0.29, 0.717) is 6.54 Å². The van der Waals surface area contributed by atoms with Gasteiger partial charge in [-0.05, 0) is 17.7 Å². The highest BCUT2D eigenvalue weighted by Crippen LogP contribution is 2.22. The SMILES string of the molecule is COc1ccc(C2CN(CC(=O)O)C(=O)N2)cc1. The van der Waals surface area contributed by atoms with Crippen molar-refractivity contribution in [3.05, 3.63) is 29.8 Å². The Hall–Kier alpha value is -2.24. The van der Waals surface area contributed by atoms with Crippen LogP contribution < -0.4 is 10.1 Å². The van der Waals surface area contributed by atoms with Crippen molar-refractivity contribution in [1.29, 1.82) is 0 Å². The number of hydrogen-bond acceptors (Lipinski definition) is 3. The van der Waals surface area contributed by atoms with Gasteiger partial charge in [0, 0.05) is 6.54 Å². The second-order valence-electron chi connectivity index (χ2n) is 4.05. The lowest BCUT2D eigenvalue weighted by atomic mass is 10.1. The van der Waals surface area contributed by atoms with E-state index in [-0.39, 0.29) is 18.6 Å². The van der Waals surface area contributed by atoms with E-state index < -0.39 is 5.97 Å². The molecule has 6 nitrogen and oxygen atoms in total. The van der Waals surface area contributed by atoms with E-state index in [4.69, 9.17) is 9.84 Å². The summed E-state index contributed by atoms with van der Waals surface area (Å²) in [4.78, 5) is 23.4. The molecule has 1 heterocycles. The number of nitrogens with one attached hydrogen (secondary N) is 1. The van der Waals surface area contributed by atoms with Crippen LogP contribution in [-0.4, -0.2) is 42.2 Å². The molecule has 0 radical (unpaired) electrons. The molecule has 0 aliphatic carbocycles. The van der Waals surface area contributed by atoms with Crippen LogP contribution in [0.2, 0.25) is 0 Å². The summed E-state index contributed by atoms with van der Waals surface area (Å²) in [5, 5.41) is 11.4. The normalized spacial score (nSPS) is 18.6. The van der Waals surface area contributed by atoms with Gasteiger partial charge in [-0.2, -0.15) is 0 Å². The maximum Gasteiger partial charge on any atom is 0.323 e. The fourth-order valence-corrected chi connectivity index (χ4v) is 1.91. The highest BCUT2D eigenvalue weighted by Gasteiger charge is 2.30. The van der Waals surface area contributed by atoms with Crippen LogP contribution in [0.5, 0.6) is 5.75 Å². The van der Waals surface area contributed by atoms with Crippen LogP contribution in [-0.2, 0) is 4.79 Å². The van der Waals surface area contributed by atoms with Crippen molar-refractivity contribution in [2.75, 3.05) is 20.2 Å². The first-order valence-electron chi connectivity index (χ1n) is 5.51. The van der Waals surface area contributed by atoms with Gasteiger partial charge in [0.2, 0.25) is 0 Å². The molecule has 2 N–H and O–H groups in total. The molecule has 1 saturated heterocycles. The second kappa shape index (κ2) is 4.95. The topological polar surface area (TPSA) is 78.9 Å². The zero-order valence-corrected chi connectivity index (χ0v) is 9.92. The van der Waals surface area contributed by atoms with Crippen LogP contribution in [0.4, 0.5) is 4.79 Å². The molecule has 1 aliphatic rings. The van der Waals surface area contributed by atoms with E-state index in [9.17, 15) is 9.59 Å². The van der Waals surface area contributed by atoms with Crippen molar-refractivity contribution in [3.8, 4) is 5.75 Å². The van der Waals surface area contributed by atoms with E-state index in [1.807, 2.05) is 12.1 Å². The lowest BCUT2D eigenvalue weighted by molar-refractivity contribution is -0.137. The number of methoxy groups -OCH3 is 1. The zero-order valence-electron chi connectivity index (χ0n) is 9.92. The highest BCUT2D eigenvalue weighted by atomic mass is 16.5. The third kappa shape index (κ3) is 2.53. The van der Waals surface area contributed by atoms with Crippen molar-refractivity contribution in [2.24, 2.45) is 0 Å². The molecule has 2 rings (SSSR count). The summed E-state index contributed by atoms with van der Waals surface area (Å²) in [5.74, 6) is -0.272. The summed E-state index contributed by atoms with van der Waals surface area (Å²) in [7, 11) is 1.58. The van der Waals surface area contributed by atoms with Crippen molar-refractivity contribution >= 4 is 12.0 Å². The average Bonchev–Trinajstić information content (AvgIpc) is 2.70. The van der Waals surface area contributed by atoms with Gasteiger partial charge in [0.1, 0.15) is 12.3 Å². The minimum absolute atomic E-state index is 0.178. The van der Waals surface area contributed by atoms with Crippen LogP contribution in [0.25, 0.3) is 0 Å². The molecule has 0 aromatic heterocycles. The Morgan fingerprint density at radius 3 is 2.72 bits per heavy atom. The van der Waals surface area contributed by atoms with Gasteiger partial charge in [0.15, 0.2) is 0 Å². The summed E-state index contributed by atoms with van der Waals surface area (Å²) in [6.07, 6.45) is 0. The monoisotopic (exact) mass is 250 g/mol. The Bertz CT molecular complexity index is 458. The highest BCUT2D eigenvalue weighted by molar-refractivity contribution is 5.82. The van der Waals surface area contributed by atoms with Crippen LogP contribution in [0, 0.1) is 0 Å². The fourth-order valence-electron chi connectivity index (χ4n) is 1.91. The minimum atomic E-state index is -1.01. The molecular weight excluding hydrogens is 236 g/mol. The van der Waals surface area contributed by atoms with E-state index in [2.05, 4.69) is 5.32 Å². The predicted molar refractivity (Wildman–Crippen MR) is 63.5 cm³/mol. The average molecular weight is 250 g/mol. The molecule has 2 amide bonds. The first-order chi connectivity index (χ1) is 8.60. The number of hydrogen-bond donors (Lipinski definition) is 2. The number of nitrogens with zero attached hydrogens (tertiary/aromatic N) is 1. The molecule has 0 spiro atoms. The number of carbonyl (C=O) groups excluding carboxylic acids is 1. The van der Waals surface area contributed by atoms with E-state index in [1.54, 1.807) is 19.2 Å². The molecule has 6 heteroatoms. The van der Waals surface area contributed by atoms with Crippen LogP contribution in [0.15, 0.2) is 24.3 Å². The molecule has 1 aromatic rings. The number of benzene rings is 1. The molecule has 1 unspecified atom stereocenters. The summed E-state index contributed by atoms with van der Waals surface area (Å²) in [6.45, 7) is 0.0793. The van der Waals surface area contributed by atoms with E-state index in [1.165, 1.54) is 4.90 Å². The molecule has 1 atom stereocenters. The fraction of sp³-hybridized carbons (Fsp3) is 0.333. The Balaban J connectivity index is 2.06. The molecule has 0 bridgehead atoms. The number of carboxylic acids is 1. The maximum absolute atomic E-state index is 11.5. The van der Waals surface area contributed by atoms with Gasteiger partial charge in [-0.25, -0.2) is 4.79 Å². The standard InChI is InChI=1S/C12H14N2O4/c1-18-9-4-2-8(3-5-9)10-6-14(7-11(15)16)12(17)13-10/h2-5,10H,6-7H2,1H3,(H,13,17)(H,15,16). The molecule has 0 saturated carbocycles. The summed E-state index contributed by atoms with van der Waals surface area (Å²) in [5.41, 5.74) is 0.928. The molecule has 1 aromatic carbocycles. The summed E-state index contributed by atoms with van der Waals surface area (Å²) < 4.78 is 5.05. The van der Waals surface area contributed by atoms with Crippen molar-refractivity contribution < 1.29 is 19.4 Å². The third-order valence-corrected chi connectivity index (χ3v) is 2.83. The lowest BCUT2D eigenvalue weighted by Crippen LogP contribution is -2.32. The van der Waals surface area contributed by atoms with Gasteiger partial charge in [0.05, 0.1) is 13.2 Å². The maximum atomic E-state index is 11.5. The quantitative estimate of drug-likeness (QED) is 0.830. The van der Waals surface area contributed by atoms with Crippen molar-refractivity contribution in [1.82, 2.24) is 10.2 Å². The van der Waals surface area contributed by atoms with Gasteiger partial charge >= 0.3 is 12.0 Å². The number of rotatable bonds is 4. The largest absolute Gasteiger partial charge is 0.497 e. The zero-order chi connectivity index (χ0) is 13.1. The van der Waals surface area contributed by atoms with Gasteiger partial charge in [-0.15, -0.1) is 0 Å². The molecular formula is C12H14N2O4. The Morgan fingerprint density at radius 1 is 1.50 bits per heavy atom. The molecule has 1 fully saturated rings. The van der Waals surface area contributed by atoms with Gasteiger partial charge < -0.3 is 20.1 Å². The molecule has 18 heavy (non-hydrogen) atoms. The number of carbonyl (C=O) groups is 2. The van der Waals surface area contributed by atoms with Gasteiger partial charge in [-0.1, -0.05) is 12.1 Å². The Labute approximate surface area is 104 Å². The first kappa shape index (κ1) is 12.2. The number of carboxylic acid groups (broad SMARTS) is 1. The van der Waals surface area contributed by atoms with Gasteiger partial charge in [0.25, 0.3) is 0 Å². The smallest absolute Gasteiger partial charge is 0.323 e. The van der Waals surface area contributed by atoms with Crippen LogP contribution in [0.1, 0.15) is 11.6 Å². The van der Waals surface area contributed by atoms with E-state index >= 15 is 0 Å². The van der Waals surface area contributed by atoms with Crippen LogP contribution >= 0.6 is 0 Å². The molecule has 96 valence electrons. The van der Waals surface area contributed by atoms with E-state index in [0.717, 1.165) is 11.3 Å². The number of amides is 2. The Morgan fingerprint density at radius 2 is 2.17 bits per heavy atom. The number of urea groups is 1. The second-order valence-corrected chi connectivity index (χ2v) is 4.05. The predicted octanol–water partition coefficient (Wildman–Crippen LogP) is 0.846. The number of aliphatic carboxylic acids is 1. The summed E-state index contributed by atoms with van der Waals surface area (Å²) >= 11 is 0. The molecule has 1 aliphatic heterocycles. The first-order valence-corrected chi connectivity index (χ1v) is 5.51. The number of ether oxygens (including phenoxy) is 1. The third-order valence-electron chi connectivity index (χ3n) is 2.83. The minimum Gasteiger partial charge on any atom is -0.497 e. The van der Waals surface area contributed by atoms with Gasteiger partial charge in [-0.3, -0.25) is 4.79 Å². The van der Waals surface area contributed by atoms with Crippen molar-refractivity contribution in [3.63, 3.8) is 0 Å². The Kier molecular flexibility index (Phi) is 3.36. The lowest BCUT2D eigenvalue weighted by Gasteiger charge is -2.12.